The van der Waals surface area contributed by atoms with Crippen molar-refractivity contribution in [2.24, 2.45) is 0 Å². The fraction of sp³-hybridized carbons (Fsp3) is 0.478. The van der Waals surface area contributed by atoms with E-state index in [1.807, 2.05) is 35.2 Å². The number of carbonyl (C=O) groups is 1. The van der Waals surface area contributed by atoms with Crippen molar-refractivity contribution in [3.63, 3.8) is 0 Å². The number of rotatable bonds is 6. The molecular formula is C23H23F3N4O3S. The molecule has 2 aromatic heterocycles. The maximum absolute atomic E-state index is 13.8. The zero-order valence-corrected chi connectivity index (χ0v) is 19.1. The molecule has 3 aromatic rings. The van der Waals surface area contributed by atoms with Crippen LogP contribution >= 0.6 is 11.3 Å². The number of ketones is 1. The lowest BCUT2D eigenvalue weighted by molar-refractivity contribution is -0.148. The van der Waals surface area contributed by atoms with Crippen LogP contribution in [0, 0.1) is 0 Å². The van der Waals surface area contributed by atoms with E-state index in [1.54, 1.807) is 0 Å². The minimum Gasteiger partial charge on any atom is -0.379 e. The lowest BCUT2D eigenvalue weighted by Crippen LogP contribution is -2.36. The summed E-state index contributed by atoms with van der Waals surface area (Å²) in [5.74, 6) is -1.17. The van der Waals surface area contributed by atoms with E-state index < -0.39 is 29.6 Å². The first-order valence-electron chi connectivity index (χ1n) is 11.2. The standard InChI is InChI=1S/C23H23F3N4O3S/c24-23(25,26)21-28-19-18(20(32)30(21)15-10-12-33-13-15)27-22(34-19)29-11-4-7-16(29)17(31)9-8-14-5-2-1-3-6-14/h1-3,5-6,15-16H,4,7-13H2/t15-,16-/m1/s1. The van der Waals surface area contributed by atoms with E-state index in [9.17, 15) is 22.8 Å². The summed E-state index contributed by atoms with van der Waals surface area (Å²) < 4.78 is 47.2. The van der Waals surface area contributed by atoms with Crippen molar-refractivity contribution in [3.8, 4) is 0 Å². The lowest BCUT2D eigenvalue weighted by Gasteiger charge is -2.22. The average molecular weight is 493 g/mol. The third-order valence-electron chi connectivity index (χ3n) is 6.35. The second kappa shape index (κ2) is 9.10. The van der Waals surface area contributed by atoms with Crippen molar-refractivity contribution in [1.29, 1.82) is 0 Å². The fourth-order valence-electron chi connectivity index (χ4n) is 4.67. The van der Waals surface area contributed by atoms with Crippen LogP contribution in [0.1, 0.15) is 43.1 Å². The number of hydrogen-bond acceptors (Lipinski definition) is 7. The van der Waals surface area contributed by atoms with Gasteiger partial charge in [-0.25, -0.2) is 9.97 Å². The number of aromatic nitrogens is 3. The normalized spacial score (nSPS) is 21.0. The first kappa shape index (κ1) is 23.0. The summed E-state index contributed by atoms with van der Waals surface area (Å²) in [6.07, 6.45) is -2.09. The van der Waals surface area contributed by atoms with E-state index >= 15 is 0 Å². The van der Waals surface area contributed by atoms with E-state index in [0.717, 1.165) is 23.3 Å². The van der Waals surface area contributed by atoms with Gasteiger partial charge in [0, 0.05) is 19.6 Å². The largest absolute Gasteiger partial charge is 0.449 e. The highest BCUT2D eigenvalue weighted by atomic mass is 32.1. The van der Waals surface area contributed by atoms with Gasteiger partial charge >= 0.3 is 6.18 Å². The molecule has 0 saturated carbocycles. The van der Waals surface area contributed by atoms with Gasteiger partial charge in [-0.2, -0.15) is 13.2 Å². The summed E-state index contributed by atoms with van der Waals surface area (Å²) in [4.78, 5) is 36.1. The molecule has 2 saturated heterocycles. The first-order valence-corrected chi connectivity index (χ1v) is 12.1. The van der Waals surface area contributed by atoms with Gasteiger partial charge in [0.1, 0.15) is 0 Å². The summed E-state index contributed by atoms with van der Waals surface area (Å²) in [7, 11) is 0. The van der Waals surface area contributed by atoms with Gasteiger partial charge < -0.3 is 9.64 Å². The van der Waals surface area contributed by atoms with Crippen LogP contribution in [0.2, 0.25) is 0 Å². The molecule has 2 aliphatic rings. The monoisotopic (exact) mass is 492 g/mol. The Balaban J connectivity index is 1.46. The number of ether oxygens (including phenoxy) is 1. The summed E-state index contributed by atoms with van der Waals surface area (Å²) in [6.45, 7) is 0.866. The molecule has 0 spiro atoms. The van der Waals surface area contributed by atoms with Gasteiger partial charge in [-0.15, -0.1) is 0 Å². The third kappa shape index (κ3) is 4.34. The van der Waals surface area contributed by atoms with Crippen LogP contribution < -0.4 is 10.5 Å². The Labute approximate surface area is 197 Å². The van der Waals surface area contributed by atoms with E-state index in [4.69, 9.17) is 4.74 Å². The van der Waals surface area contributed by atoms with E-state index in [1.165, 1.54) is 0 Å². The van der Waals surface area contributed by atoms with Crippen LogP contribution in [0.15, 0.2) is 35.1 Å². The van der Waals surface area contributed by atoms with Crippen LogP contribution in [0.25, 0.3) is 10.3 Å². The summed E-state index contributed by atoms with van der Waals surface area (Å²) in [6, 6.07) is 8.57. The molecule has 2 aliphatic heterocycles. The lowest BCUT2D eigenvalue weighted by atomic mass is 10.0. The smallest absolute Gasteiger partial charge is 0.379 e. The van der Waals surface area contributed by atoms with Crippen molar-refractivity contribution < 1.29 is 22.7 Å². The molecule has 0 aliphatic carbocycles. The van der Waals surface area contributed by atoms with Gasteiger partial charge in [0.2, 0.25) is 5.82 Å². The van der Waals surface area contributed by atoms with Crippen molar-refractivity contribution >= 4 is 32.6 Å². The second-order valence-corrected chi connectivity index (χ2v) is 9.54. The molecule has 0 N–H and O–H groups in total. The van der Waals surface area contributed by atoms with E-state index in [0.29, 0.717) is 41.9 Å². The number of benzene rings is 1. The van der Waals surface area contributed by atoms with Crippen LogP contribution in [-0.2, 0) is 22.1 Å². The molecule has 5 rings (SSSR count). The second-order valence-electron chi connectivity index (χ2n) is 8.58. The SMILES string of the molecule is O=C(CCc1ccccc1)[C@H]1CCCN1c1nc2c(=O)n([C@@H]3CCOC3)c(C(F)(F)F)nc2s1. The molecule has 2 atom stereocenters. The number of alkyl halides is 3. The average Bonchev–Trinajstić information content (AvgIpc) is 3.57. The maximum atomic E-state index is 13.8. The highest BCUT2D eigenvalue weighted by Crippen LogP contribution is 2.36. The zero-order chi connectivity index (χ0) is 23.9. The van der Waals surface area contributed by atoms with E-state index in [2.05, 4.69) is 9.97 Å². The molecule has 180 valence electrons. The maximum Gasteiger partial charge on any atom is 0.449 e. The van der Waals surface area contributed by atoms with Crippen molar-refractivity contribution in [3.05, 3.63) is 52.1 Å². The van der Waals surface area contributed by atoms with Crippen molar-refractivity contribution in [2.75, 3.05) is 24.7 Å². The predicted molar refractivity (Wildman–Crippen MR) is 121 cm³/mol. The molecule has 2 fully saturated rings. The molecule has 0 radical (unpaired) electrons. The Morgan fingerprint density at radius 2 is 1.97 bits per heavy atom. The summed E-state index contributed by atoms with van der Waals surface area (Å²) in [5.41, 5.74) is 0.157. The van der Waals surface area contributed by atoms with Gasteiger partial charge in [-0.05, 0) is 31.2 Å². The Morgan fingerprint density at radius 3 is 2.68 bits per heavy atom. The van der Waals surface area contributed by atoms with Gasteiger partial charge in [-0.3, -0.25) is 14.2 Å². The molecule has 1 aromatic carbocycles. The summed E-state index contributed by atoms with van der Waals surface area (Å²) in [5, 5.41) is 0.365. The Bertz CT molecular complexity index is 1250. The number of hydrogen-bond donors (Lipinski definition) is 0. The molecule has 7 nitrogen and oxygen atoms in total. The number of halogens is 3. The number of carbonyl (C=O) groups excluding carboxylic acids is 1. The highest BCUT2D eigenvalue weighted by molar-refractivity contribution is 7.21. The molecule has 11 heteroatoms. The number of aryl methyl sites for hydroxylation is 1. The number of Topliss-reactive ketones (excluding diaryl/α,β-unsaturated/α-hetero) is 1. The van der Waals surface area contributed by atoms with Crippen LogP contribution in [-0.4, -0.2) is 46.1 Å². The van der Waals surface area contributed by atoms with Crippen molar-refractivity contribution in [2.45, 2.75) is 50.4 Å². The van der Waals surface area contributed by atoms with E-state index in [-0.39, 0.29) is 29.3 Å². The van der Waals surface area contributed by atoms with Gasteiger partial charge in [0.05, 0.1) is 18.7 Å². The Morgan fingerprint density at radius 1 is 1.18 bits per heavy atom. The number of fused-ring (bicyclic) bond motifs is 1. The predicted octanol–water partition coefficient (Wildman–Crippen LogP) is 4.00. The van der Waals surface area contributed by atoms with Crippen LogP contribution in [0.4, 0.5) is 18.3 Å². The van der Waals surface area contributed by atoms with Crippen molar-refractivity contribution in [1.82, 2.24) is 14.5 Å². The quantitative estimate of drug-likeness (QED) is 0.518. The first-order chi connectivity index (χ1) is 16.3. The summed E-state index contributed by atoms with van der Waals surface area (Å²) >= 11 is 0.933. The topological polar surface area (TPSA) is 77.3 Å². The number of anilines is 1. The van der Waals surface area contributed by atoms with Crippen LogP contribution in [0.5, 0.6) is 0 Å². The zero-order valence-electron chi connectivity index (χ0n) is 18.3. The minimum absolute atomic E-state index is 0.0251. The Hall–Kier alpha value is -2.79. The minimum atomic E-state index is -4.79. The molecule has 0 unspecified atom stereocenters. The third-order valence-corrected chi connectivity index (χ3v) is 7.34. The number of nitrogens with zero attached hydrogens (tertiary/aromatic N) is 4. The molecular weight excluding hydrogens is 469 g/mol. The van der Waals surface area contributed by atoms with Gasteiger partial charge in [0.15, 0.2) is 21.3 Å². The van der Waals surface area contributed by atoms with Gasteiger partial charge in [0.25, 0.3) is 5.56 Å². The molecule has 0 amide bonds. The van der Waals surface area contributed by atoms with Crippen LogP contribution in [0.3, 0.4) is 0 Å². The van der Waals surface area contributed by atoms with Gasteiger partial charge in [-0.1, -0.05) is 41.7 Å². The molecule has 34 heavy (non-hydrogen) atoms. The number of thiazole rings is 1. The Kier molecular flexibility index (Phi) is 6.15. The fourth-order valence-corrected chi connectivity index (χ4v) is 5.68. The molecule has 0 bridgehead atoms. The highest BCUT2D eigenvalue weighted by Gasteiger charge is 2.41. The molecule has 4 heterocycles.